The molecule has 1 aromatic carbocycles. The normalized spacial score (nSPS) is 25.4. The summed E-state index contributed by atoms with van der Waals surface area (Å²) in [5.74, 6) is 0.676. The van der Waals surface area contributed by atoms with E-state index in [-0.39, 0.29) is 6.10 Å². The van der Waals surface area contributed by atoms with E-state index in [1.807, 2.05) is 45.9 Å². The zero-order valence-electron chi connectivity index (χ0n) is 16.0. The third kappa shape index (κ3) is 3.82. The molecule has 3 rings (SSSR count). The molecule has 0 saturated carbocycles. The lowest BCUT2D eigenvalue weighted by Gasteiger charge is -2.32. The van der Waals surface area contributed by atoms with Crippen LogP contribution in [-0.2, 0) is 18.6 Å². The predicted molar refractivity (Wildman–Crippen MR) is 101 cm³/mol. The van der Waals surface area contributed by atoms with Gasteiger partial charge in [0.25, 0.3) is 0 Å². The molecule has 0 bridgehead atoms. The lowest BCUT2D eigenvalue weighted by Crippen LogP contribution is -2.41. The van der Waals surface area contributed by atoms with Crippen molar-refractivity contribution in [2.24, 2.45) is 0 Å². The maximum atomic E-state index is 12.5. The smallest absolute Gasteiger partial charge is 0.488 e. The van der Waals surface area contributed by atoms with E-state index in [9.17, 15) is 4.57 Å². The van der Waals surface area contributed by atoms with Crippen molar-refractivity contribution in [2.45, 2.75) is 51.4 Å². The highest BCUT2D eigenvalue weighted by Crippen LogP contribution is 2.39. The van der Waals surface area contributed by atoms with Gasteiger partial charge in [-0.1, -0.05) is 12.1 Å². The van der Waals surface area contributed by atoms with Gasteiger partial charge in [0.2, 0.25) is 0 Å². The van der Waals surface area contributed by atoms with Crippen LogP contribution in [0.4, 0.5) is 0 Å². The van der Waals surface area contributed by atoms with Crippen LogP contribution in [0.5, 0.6) is 5.75 Å². The maximum absolute atomic E-state index is 12.5. The minimum atomic E-state index is -2.39. The summed E-state index contributed by atoms with van der Waals surface area (Å²) in [7, 11) is -2.89. The van der Waals surface area contributed by atoms with E-state index in [1.165, 1.54) is 0 Å². The third-order valence-electron chi connectivity index (χ3n) is 5.31. The van der Waals surface area contributed by atoms with Crippen molar-refractivity contribution in [2.75, 3.05) is 26.5 Å². The number of hydrogen-bond donors (Lipinski definition) is 0. The van der Waals surface area contributed by atoms with Crippen molar-refractivity contribution in [1.82, 2.24) is 0 Å². The highest BCUT2D eigenvalue weighted by atomic mass is 31.2. The first-order chi connectivity index (χ1) is 11.5. The largest absolute Gasteiger partial charge is 0.498 e. The van der Waals surface area contributed by atoms with Crippen molar-refractivity contribution >= 4 is 25.0 Å². The fourth-order valence-corrected chi connectivity index (χ4v) is 3.77. The first-order valence-corrected chi connectivity index (χ1v) is 11.4. The number of hydrogen-bond acceptors (Lipinski definition) is 5. The zero-order valence-corrected chi connectivity index (χ0v) is 16.9. The van der Waals surface area contributed by atoms with Crippen LogP contribution in [0, 0.1) is 0 Å². The van der Waals surface area contributed by atoms with Gasteiger partial charge in [0, 0.05) is 17.2 Å². The van der Waals surface area contributed by atoms with E-state index in [2.05, 4.69) is 0 Å². The molecule has 25 heavy (non-hydrogen) atoms. The molecule has 2 fully saturated rings. The first kappa shape index (κ1) is 19.0. The van der Waals surface area contributed by atoms with Crippen molar-refractivity contribution in [3.05, 3.63) is 18.2 Å². The zero-order chi connectivity index (χ0) is 18.5. The van der Waals surface area contributed by atoms with Crippen LogP contribution in [0.3, 0.4) is 0 Å². The van der Waals surface area contributed by atoms with Gasteiger partial charge in [-0.2, -0.15) is 0 Å². The molecule has 2 aliphatic heterocycles. The fraction of sp³-hybridized carbons (Fsp3) is 0.667. The topological polar surface area (TPSA) is 54.0 Å². The summed E-state index contributed by atoms with van der Waals surface area (Å²) in [4.78, 5) is 0. The van der Waals surface area contributed by atoms with E-state index in [0.29, 0.717) is 19.0 Å². The van der Waals surface area contributed by atoms with E-state index in [4.69, 9.17) is 18.8 Å². The Kier molecular flexibility index (Phi) is 4.87. The average Bonchev–Trinajstić information content (AvgIpc) is 3.04. The Bertz CT molecular complexity index is 675. The Balaban J connectivity index is 1.96. The lowest BCUT2D eigenvalue weighted by molar-refractivity contribution is 0.00578. The molecule has 0 N–H and O–H groups in total. The van der Waals surface area contributed by atoms with E-state index in [1.54, 1.807) is 13.3 Å². The van der Waals surface area contributed by atoms with Crippen LogP contribution < -0.4 is 15.5 Å². The van der Waals surface area contributed by atoms with Gasteiger partial charge in [-0.25, -0.2) is 0 Å². The van der Waals surface area contributed by atoms with Crippen molar-refractivity contribution in [3.8, 4) is 5.75 Å². The highest BCUT2D eigenvalue weighted by Gasteiger charge is 2.52. The molecular formula is C18H28BO5P. The number of rotatable bonds is 4. The second-order valence-electron chi connectivity index (χ2n) is 8.26. The highest BCUT2D eigenvalue weighted by molar-refractivity contribution is 7.70. The summed E-state index contributed by atoms with van der Waals surface area (Å²) < 4.78 is 36.5. The maximum Gasteiger partial charge on any atom is 0.498 e. The molecule has 2 heterocycles. The summed E-state index contributed by atoms with van der Waals surface area (Å²) in [5, 5.41) is 0.793. The summed E-state index contributed by atoms with van der Waals surface area (Å²) in [6.07, 6.45) is 0.854. The SMILES string of the molecule is CC1(C)OB(c2ccc(P(C)(C)=O)cc2O[C@@H]2CCOC2)OC1(C)C. The number of ether oxygens (including phenoxy) is 2. The Morgan fingerprint density at radius 3 is 2.32 bits per heavy atom. The molecule has 0 amide bonds. The Morgan fingerprint density at radius 2 is 1.80 bits per heavy atom. The van der Waals surface area contributed by atoms with E-state index >= 15 is 0 Å². The number of benzene rings is 1. The Labute approximate surface area is 150 Å². The second kappa shape index (κ2) is 6.42. The van der Waals surface area contributed by atoms with E-state index < -0.39 is 25.5 Å². The van der Waals surface area contributed by atoms with Gasteiger partial charge in [-0.3, -0.25) is 0 Å². The molecule has 0 radical (unpaired) electrons. The molecule has 2 aliphatic rings. The van der Waals surface area contributed by atoms with Crippen LogP contribution in [0.25, 0.3) is 0 Å². The van der Waals surface area contributed by atoms with Crippen LogP contribution in [0.1, 0.15) is 34.1 Å². The summed E-state index contributed by atoms with van der Waals surface area (Å²) >= 11 is 0. The molecule has 1 atom stereocenters. The van der Waals surface area contributed by atoms with Crippen LogP contribution >= 0.6 is 7.14 Å². The average molecular weight is 366 g/mol. The lowest BCUT2D eigenvalue weighted by atomic mass is 9.78. The minimum absolute atomic E-state index is 0.00419. The van der Waals surface area contributed by atoms with E-state index in [0.717, 1.165) is 17.2 Å². The van der Waals surface area contributed by atoms with Gasteiger partial charge >= 0.3 is 7.12 Å². The fourth-order valence-electron chi connectivity index (χ4n) is 2.91. The molecule has 1 aromatic rings. The Hall–Kier alpha value is -0.805. The Morgan fingerprint density at radius 1 is 1.16 bits per heavy atom. The molecule has 7 heteroatoms. The van der Waals surface area contributed by atoms with Crippen LogP contribution in [0.15, 0.2) is 18.2 Å². The van der Waals surface area contributed by atoms with Crippen molar-refractivity contribution < 1.29 is 23.3 Å². The van der Waals surface area contributed by atoms with Gasteiger partial charge in [0.15, 0.2) is 0 Å². The molecule has 0 spiro atoms. The van der Waals surface area contributed by atoms with Crippen LogP contribution in [-0.4, -0.2) is 51.0 Å². The first-order valence-electron chi connectivity index (χ1n) is 8.79. The summed E-state index contributed by atoms with van der Waals surface area (Å²) in [6, 6.07) is 5.68. The van der Waals surface area contributed by atoms with Crippen molar-refractivity contribution in [1.29, 1.82) is 0 Å². The standard InChI is InChI=1S/C18H28BO5P/c1-17(2)18(3,4)24-19(23-17)15-8-7-14(25(5,6)20)11-16(15)22-13-9-10-21-12-13/h7-8,11,13H,9-10,12H2,1-6H3/t13-/m1/s1. The van der Waals surface area contributed by atoms with Gasteiger partial charge in [0.1, 0.15) is 19.0 Å². The van der Waals surface area contributed by atoms with Gasteiger partial charge < -0.3 is 23.3 Å². The third-order valence-corrected chi connectivity index (χ3v) is 6.83. The summed E-state index contributed by atoms with van der Waals surface area (Å²) in [6.45, 7) is 12.9. The molecule has 0 unspecified atom stereocenters. The molecule has 0 aliphatic carbocycles. The summed E-state index contributed by atoms with van der Waals surface area (Å²) in [5.41, 5.74) is -0.00761. The van der Waals surface area contributed by atoms with Gasteiger partial charge in [-0.15, -0.1) is 0 Å². The van der Waals surface area contributed by atoms with Gasteiger partial charge in [0.05, 0.1) is 24.4 Å². The predicted octanol–water partition coefficient (Wildman–Crippen LogP) is 2.40. The van der Waals surface area contributed by atoms with Crippen molar-refractivity contribution in [3.63, 3.8) is 0 Å². The molecule has 138 valence electrons. The molecule has 2 saturated heterocycles. The minimum Gasteiger partial charge on any atom is -0.488 e. The quantitative estimate of drug-likeness (QED) is 0.605. The van der Waals surface area contributed by atoms with Gasteiger partial charge in [-0.05, 0) is 47.1 Å². The molecular weight excluding hydrogens is 338 g/mol. The molecule has 0 aromatic heterocycles. The molecule has 5 nitrogen and oxygen atoms in total. The second-order valence-corrected chi connectivity index (χ2v) is 11.5. The van der Waals surface area contributed by atoms with Crippen LogP contribution in [0.2, 0.25) is 0 Å². The monoisotopic (exact) mass is 366 g/mol.